The van der Waals surface area contributed by atoms with Crippen molar-refractivity contribution in [3.8, 4) is 0 Å². The molecular weight excluding hydrogens is 90.1 g/mol. The third kappa shape index (κ3) is 2.76. The van der Waals surface area contributed by atoms with Gasteiger partial charge in [-0.05, 0) is 12.3 Å². The molecule has 0 radical (unpaired) electrons. The van der Waals surface area contributed by atoms with E-state index in [1.807, 2.05) is 0 Å². The molecule has 0 rings (SSSR count). The summed E-state index contributed by atoms with van der Waals surface area (Å²) in [6.07, 6.45) is 3.35. The molecular formula is C5H7NO. The molecule has 0 heterocycles. The number of carbonyl (C=O) groups is 1. The lowest BCUT2D eigenvalue weighted by Gasteiger charge is -1.75. The minimum absolute atomic E-state index is 0.391. The van der Waals surface area contributed by atoms with Crippen LogP contribution in [0.3, 0.4) is 0 Å². The zero-order valence-electron chi connectivity index (χ0n) is 3.92. The number of carbonyl (C=O) groups excluding carboxylic acids is 1. The van der Waals surface area contributed by atoms with Crippen molar-refractivity contribution < 1.29 is 4.79 Å². The average Bonchev–Trinajstić information content (AvgIpc) is 1.68. The molecule has 7 heavy (non-hydrogen) atoms. The van der Waals surface area contributed by atoms with Gasteiger partial charge in [-0.15, -0.1) is 0 Å². The molecule has 2 nitrogen and oxygen atoms in total. The summed E-state index contributed by atoms with van der Waals surface area (Å²) >= 11 is 0. The predicted molar refractivity (Wildman–Crippen MR) is 28.5 cm³/mol. The van der Waals surface area contributed by atoms with Gasteiger partial charge in [-0.1, -0.05) is 6.58 Å². The summed E-state index contributed by atoms with van der Waals surface area (Å²) in [6.45, 7) is 3.33. The second-order valence-corrected chi connectivity index (χ2v) is 1.05. The Morgan fingerprint density at radius 2 is 2.29 bits per heavy atom. The second-order valence-electron chi connectivity index (χ2n) is 1.05. The van der Waals surface area contributed by atoms with Crippen LogP contribution in [0.25, 0.3) is 0 Å². The lowest BCUT2D eigenvalue weighted by Crippen LogP contribution is -1.79. The molecule has 38 valence electrons. The minimum atomic E-state index is 0.391. The summed E-state index contributed by atoms with van der Waals surface area (Å²) in [4.78, 5) is 9.69. The molecule has 2 N–H and O–H groups in total. The van der Waals surface area contributed by atoms with E-state index in [9.17, 15) is 4.79 Å². The topological polar surface area (TPSA) is 43.1 Å². The van der Waals surface area contributed by atoms with Gasteiger partial charge in [0.05, 0.1) is 0 Å². The van der Waals surface area contributed by atoms with Gasteiger partial charge in [-0.3, -0.25) is 4.79 Å². The normalized spacial score (nSPS) is 9.14. The van der Waals surface area contributed by atoms with Gasteiger partial charge in [0.1, 0.15) is 6.29 Å². The molecule has 0 unspecified atom stereocenters. The Hall–Kier alpha value is -1.05. The summed E-state index contributed by atoms with van der Waals surface area (Å²) in [6, 6.07) is 0. The van der Waals surface area contributed by atoms with Gasteiger partial charge in [0, 0.05) is 5.57 Å². The van der Waals surface area contributed by atoms with E-state index < -0.39 is 0 Å². The summed E-state index contributed by atoms with van der Waals surface area (Å²) in [5.74, 6) is 0. The number of hydrogen-bond acceptors (Lipinski definition) is 2. The number of hydrogen-bond donors (Lipinski definition) is 1. The molecule has 0 aromatic heterocycles. The Labute approximate surface area is 42.3 Å². The van der Waals surface area contributed by atoms with E-state index >= 15 is 0 Å². The maximum absolute atomic E-state index is 9.69. The molecule has 0 atom stereocenters. The molecule has 2 heteroatoms. The van der Waals surface area contributed by atoms with Crippen molar-refractivity contribution in [1.82, 2.24) is 0 Å². The lowest BCUT2D eigenvalue weighted by atomic mass is 10.3. The highest BCUT2D eigenvalue weighted by molar-refractivity contribution is 5.76. The molecule has 0 aromatic rings. The molecule has 0 aliphatic carbocycles. The van der Waals surface area contributed by atoms with Gasteiger partial charge >= 0.3 is 0 Å². The van der Waals surface area contributed by atoms with Crippen molar-refractivity contribution in [2.45, 2.75) is 0 Å². The summed E-state index contributed by atoms with van der Waals surface area (Å²) in [5, 5.41) is 0. The minimum Gasteiger partial charge on any atom is -0.405 e. The maximum atomic E-state index is 9.69. The standard InChI is InChI=1S/C5H7NO/c1-5(4-7)2-3-6/h2-4H,1,6H2/b3-2-. The number of nitrogens with two attached hydrogens (primary N) is 1. The molecule has 0 aliphatic heterocycles. The van der Waals surface area contributed by atoms with Gasteiger partial charge in [0.15, 0.2) is 0 Å². The Kier molecular flexibility index (Phi) is 2.68. The molecule has 0 aromatic carbocycles. The van der Waals surface area contributed by atoms with Crippen LogP contribution >= 0.6 is 0 Å². The van der Waals surface area contributed by atoms with Gasteiger partial charge in [0.2, 0.25) is 0 Å². The summed E-state index contributed by atoms with van der Waals surface area (Å²) in [5.41, 5.74) is 5.30. The monoisotopic (exact) mass is 97.1 g/mol. The quantitative estimate of drug-likeness (QED) is 0.304. The predicted octanol–water partition coefficient (Wildman–Crippen LogP) is 0.214. The van der Waals surface area contributed by atoms with Crippen LogP contribution in [0.2, 0.25) is 0 Å². The first-order chi connectivity index (χ1) is 3.31. The van der Waals surface area contributed by atoms with Gasteiger partial charge in [-0.25, -0.2) is 0 Å². The smallest absolute Gasteiger partial charge is 0.149 e. The summed E-state index contributed by atoms with van der Waals surface area (Å²) < 4.78 is 0. The molecule has 0 saturated heterocycles. The van der Waals surface area contributed by atoms with Crippen LogP contribution < -0.4 is 5.73 Å². The first kappa shape index (κ1) is 5.95. The van der Waals surface area contributed by atoms with E-state index in [2.05, 4.69) is 6.58 Å². The van der Waals surface area contributed by atoms with Crippen molar-refractivity contribution in [3.05, 3.63) is 24.4 Å². The third-order valence-electron chi connectivity index (χ3n) is 0.462. The SMILES string of the molecule is C=C(C=O)/C=C\N. The Morgan fingerprint density at radius 1 is 1.71 bits per heavy atom. The van der Waals surface area contributed by atoms with E-state index in [0.717, 1.165) is 0 Å². The number of aldehydes is 1. The van der Waals surface area contributed by atoms with Gasteiger partial charge in [-0.2, -0.15) is 0 Å². The maximum Gasteiger partial charge on any atom is 0.149 e. The fraction of sp³-hybridized carbons (Fsp3) is 0. The van der Waals surface area contributed by atoms with Crippen LogP contribution in [-0.2, 0) is 4.79 Å². The van der Waals surface area contributed by atoms with Crippen LogP contribution in [0, 0.1) is 0 Å². The number of allylic oxidation sites excluding steroid dienone is 2. The van der Waals surface area contributed by atoms with E-state index in [4.69, 9.17) is 5.73 Å². The van der Waals surface area contributed by atoms with Crippen molar-refractivity contribution in [2.75, 3.05) is 0 Å². The molecule has 0 aliphatic rings. The zero-order valence-corrected chi connectivity index (χ0v) is 3.92. The molecule has 0 spiro atoms. The highest BCUT2D eigenvalue weighted by Gasteiger charge is 1.75. The van der Waals surface area contributed by atoms with E-state index in [0.29, 0.717) is 11.9 Å². The molecule has 0 amide bonds. The van der Waals surface area contributed by atoms with E-state index in [1.54, 1.807) is 0 Å². The fourth-order valence-electron chi connectivity index (χ4n) is 0.163. The van der Waals surface area contributed by atoms with Crippen LogP contribution in [0.5, 0.6) is 0 Å². The van der Waals surface area contributed by atoms with Crippen molar-refractivity contribution in [3.63, 3.8) is 0 Å². The molecule has 0 fully saturated rings. The van der Waals surface area contributed by atoms with E-state index in [1.165, 1.54) is 12.3 Å². The van der Waals surface area contributed by atoms with Gasteiger partial charge in [0.25, 0.3) is 0 Å². The average molecular weight is 97.1 g/mol. The Bertz CT molecular complexity index is 105. The number of rotatable bonds is 2. The Balaban J connectivity index is 3.58. The van der Waals surface area contributed by atoms with Crippen LogP contribution in [0.4, 0.5) is 0 Å². The van der Waals surface area contributed by atoms with E-state index in [-0.39, 0.29) is 0 Å². The molecule has 0 bridgehead atoms. The highest BCUT2D eigenvalue weighted by atomic mass is 16.1. The van der Waals surface area contributed by atoms with Crippen LogP contribution in [0.1, 0.15) is 0 Å². The van der Waals surface area contributed by atoms with Gasteiger partial charge < -0.3 is 5.73 Å². The highest BCUT2D eigenvalue weighted by Crippen LogP contribution is 1.80. The van der Waals surface area contributed by atoms with Crippen molar-refractivity contribution in [2.24, 2.45) is 5.73 Å². The van der Waals surface area contributed by atoms with Crippen LogP contribution in [0.15, 0.2) is 24.4 Å². The third-order valence-corrected chi connectivity index (χ3v) is 0.462. The first-order valence-electron chi connectivity index (χ1n) is 1.83. The lowest BCUT2D eigenvalue weighted by molar-refractivity contribution is -0.104. The zero-order chi connectivity index (χ0) is 5.70. The Morgan fingerprint density at radius 3 is 2.43 bits per heavy atom. The molecule has 0 saturated carbocycles. The fourth-order valence-corrected chi connectivity index (χ4v) is 0.163. The first-order valence-corrected chi connectivity index (χ1v) is 1.83. The largest absolute Gasteiger partial charge is 0.405 e. The summed E-state index contributed by atoms with van der Waals surface area (Å²) in [7, 11) is 0. The second kappa shape index (κ2) is 3.15. The van der Waals surface area contributed by atoms with Crippen molar-refractivity contribution >= 4 is 6.29 Å². The van der Waals surface area contributed by atoms with Crippen molar-refractivity contribution in [1.29, 1.82) is 0 Å². The van der Waals surface area contributed by atoms with Crippen LogP contribution in [-0.4, -0.2) is 6.29 Å².